The average Bonchev–Trinajstić information content (AvgIpc) is 2.68. The second-order valence-corrected chi connectivity index (χ2v) is 10.1. The van der Waals surface area contributed by atoms with Crippen molar-refractivity contribution in [2.45, 2.75) is 52.5 Å². The third kappa shape index (κ3) is 8.41. The lowest BCUT2D eigenvalue weighted by Crippen LogP contribution is -2.40. The summed E-state index contributed by atoms with van der Waals surface area (Å²) in [6.45, 7) is 5.97. The number of allylic oxidation sites excluding steroid dienone is 2. The Morgan fingerprint density at radius 3 is 2.68 bits per heavy atom. The van der Waals surface area contributed by atoms with E-state index in [4.69, 9.17) is 4.74 Å². The number of amides is 2. The molecule has 1 unspecified atom stereocenters. The molecule has 0 aromatic heterocycles. The van der Waals surface area contributed by atoms with E-state index in [0.717, 1.165) is 0 Å². The van der Waals surface area contributed by atoms with E-state index in [-0.39, 0.29) is 35.2 Å². The van der Waals surface area contributed by atoms with Gasteiger partial charge in [-0.25, -0.2) is 17.5 Å². The monoisotopic (exact) mass is 454 g/mol. The molecule has 31 heavy (non-hydrogen) atoms. The first-order valence-electron chi connectivity index (χ1n) is 10.5. The van der Waals surface area contributed by atoms with E-state index in [2.05, 4.69) is 10.0 Å². The number of ether oxygens (including phenoxy) is 1. The molecule has 1 aromatic rings. The fourth-order valence-corrected chi connectivity index (χ4v) is 4.36. The van der Waals surface area contributed by atoms with Gasteiger partial charge in [-0.1, -0.05) is 32.1 Å². The Morgan fingerprint density at radius 1 is 1.26 bits per heavy atom. The van der Waals surface area contributed by atoms with Crippen LogP contribution >= 0.6 is 0 Å². The zero-order valence-corrected chi connectivity index (χ0v) is 19.0. The number of imide groups is 1. The van der Waals surface area contributed by atoms with Gasteiger partial charge in [0.2, 0.25) is 21.8 Å². The number of halogens is 1. The van der Waals surface area contributed by atoms with Crippen molar-refractivity contribution in [3.05, 3.63) is 41.7 Å². The van der Waals surface area contributed by atoms with Crippen LogP contribution in [0, 0.1) is 17.7 Å². The summed E-state index contributed by atoms with van der Waals surface area (Å²) in [4.78, 5) is 22.8. The van der Waals surface area contributed by atoms with E-state index in [1.807, 2.05) is 13.8 Å². The highest BCUT2D eigenvalue weighted by Crippen LogP contribution is 2.24. The molecule has 1 saturated heterocycles. The van der Waals surface area contributed by atoms with Crippen LogP contribution in [0.25, 0.3) is 0 Å². The van der Waals surface area contributed by atoms with Crippen molar-refractivity contribution in [2.75, 3.05) is 12.4 Å². The summed E-state index contributed by atoms with van der Waals surface area (Å²) in [5, 5.41) is 2.30. The highest BCUT2D eigenvalue weighted by Gasteiger charge is 2.25. The molecule has 9 heteroatoms. The minimum Gasteiger partial charge on any atom is -0.490 e. The smallest absolute Gasteiger partial charge is 0.229 e. The first-order valence-corrected chi connectivity index (χ1v) is 12.1. The molecule has 2 amide bonds. The van der Waals surface area contributed by atoms with Gasteiger partial charge >= 0.3 is 0 Å². The number of benzene rings is 1. The van der Waals surface area contributed by atoms with Gasteiger partial charge in [0.05, 0.1) is 12.4 Å². The fraction of sp³-hybridized carbons (Fsp3) is 0.545. The number of piperidine rings is 1. The van der Waals surface area contributed by atoms with E-state index in [0.29, 0.717) is 37.9 Å². The topological polar surface area (TPSA) is 102 Å². The minimum atomic E-state index is -3.56. The van der Waals surface area contributed by atoms with Crippen LogP contribution in [0.4, 0.5) is 4.39 Å². The van der Waals surface area contributed by atoms with Crippen LogP contribution in [0.5, 0.6) is 5.75 Å². The van der Waals surface area contributed by atoms with Crippen LogP contribution < -0.4 is 14.8 Å². The van der Waals surface area contributed by atoms with Crippen molar-refractivity contribution < 1.29 is 27.1 Å². The Kier molecular flexibility index (Phi) is 9.18. The van der Waals surface area contributed by atoms with Gasteiger partial charge in [0.15, 0.2) is 11.6 Å². The number of rotatable bonds is 11. The van der Waals surface area contributed by atoms with Gasteiger partial charge in [0, 0.05) is 18.4 Å². The van der Waals surface area contributed by atoms with Crippen molar-refractivity contribution in [2.24, 2.45) is 11.8 Å². The maximum atomic E-state index is 13.9. The Bertz CT molecular complexity index is 914. The zero-order chi connectivity index (χ0) is 23.0. The van der Waals surface area contributed by atoms with Crippen LogP contribution in [0.1, 0.15) is 58.1 Å². The Balaban J connectivity index is 1.84. The molecule has 2 rings (SSSR count). The number of carbonyl (C=O) groups excluding carboxylic acids is 2. The van der Waals surface area contributed by atoms with Crippen LogP contribution in [-0.2, 0) is 19.6 Å². The predicted octanol–water partition coefficient (Wildman–Crippen LogP) is 3.23. The Morgan fingerprint density at radius 2 is 2.00 bits per heavy atom. The molecule has 0 spiro atoms. The van der Waals surface area contributed by atoms with Gasteiger partial charge in [-0.15, -0.1) is 0 Å². The van der Waals surface area contributed by atoms with Gasteiger partial charge < -0.3 is 4.74 Å². The molecular weight excluding hydrogens is 423 g/mol. The third-order valence-electron chi connectivity index (χ3n) is 4.88. The molecule has 2 N–H and O–H groups in total. The Labute approximate surface area is 183 Å². The summed E-state index contributed by atoms with van der Waals surface area (Å²) in [7, 11) is -3.56. The summed E-state index contributed by atoms with van der Waals surface area (Å²) < 4.78 is 46.8. The molecule has 0 bridgehead atoms. The van der Waals surface area contributed by atoms with E-state index in [1.54, 1.807) is 19.1 Å². The van der Waals surface area contributed by atoms with Crippen LogP contribution in [0.3, 0.4) is 0 Å². The van der Waals surface area contributed by atoms with E-state index in [9.17, 15) is 22.4 Å². The normalized spacial score (nSPS) is 18.4. The minimum absolute atomic E-state index is 0.105. The summed E-state index contributed by atoms with van der Waals surface area (Å²) in [6.07, 6.45) is 5.10. The van der Waals surface area contributed by atoms with Gasteiger partial charge in [0.25, 0.3) is 0 Å². The molecule has 1 heterocycles. The molecule has 1 aliphatic rings. The van der Waals surface area contributed by atoms with E-state index in [1.165, 1.54) is 18.2 Å². The van der Waals surface area contributed by atoms with Crippen molar-refractivity contribution in [1.82, 2.24) is 10.0 Å². The highest BCUT2D eigenvalue weighted by atomic mass is 32.2. The number of hydrogen-bond acceptors (Lipinski definition) is 5. The number of carbonyl (C=O) groups is 2. The summed E-state index contributed by atoms with van der Waals surface area (Å²) >= 11 is 0. The van der Waals surface area contributed by atoms with E-state index >= 15 is 0 Å². The number of sulfonamides is 1. The standard InChI is InChI=1S/C22H31FN2O5S/c1-15(2)14-30-20-13-18(8-10-19(20)23)16(3)25-31(28,29)12-6-4-5-7-17-9-11-21(26)24-22(17)27/h4-5,8,10,13,15-17,25H,6-7,9,11-12,14H2,1-3H3,(H,24,26,27)/b5-4+/t16-,17?/m1/s1. The second-order valence-electron chi connectivity index (χ2n) is 8.20. The molecule has 1 fully saturated rings. The summed E-state index contributed by atoms with van der Waals surface area (Å²) in [6, 6.07) is 3.78. The zero-order valence-electron chi connectivity index (χ0n) is 18.2. The molecule has 2 atom stereocenters. The lowest BCUT2D eigenvalue weighted by Gasteiger charge is -2.19. The molecular formula is C22H31FN2O5S. The molecule has 0 aliphatic carbocycles. The second kappa shape index (κ2) is 11.4. The van der Waals surface area contributed by atoms with Crippen LogP contribution in [0.15, 0.2) is 30.4 Å². The van der Waals surface area contributed by atoms with Gasteiger partial charge in [-0.05, 0) is 49.8 Å². The predicted molar refractivity (Wildman–Crippen MR) is 116 cm³/mol. The van der Waals surface area contributed by atoms with Crippen molar-refractivity contribution in [1.29, 1.82) is 0 Å². The lowest BCUT2D eigenvalue weighted by atomic mass is 9.95. The summed E-state index contributed by atoms with van der Waals surface area (Å²) in [5.41, 5.74) is 0.608. The van der Waals surface area contributed by atoms with Crippen LogP contribution in [-0.4, -0.2) is 32.6 Å². The highest BCUT2D eigenvalue weighted by molar-refractivity contribution is 7.89. The van der Waals surface area contributed by atoms with Crippen LogP contribution in [0.2, 0.25) is 0 Å². The largest absolute Gasteiger partial charge is 0.490 e. The Hall–Kier alpha value is -2.26. The molecule has 0 radical (unpaired) electrons. The van der Waals surface area contributed by atoms with Crippen molar-refractivity contribution in [3.63, 3.8) is 0 Å². The lowest BCUT2D eigenvalue weighted by molar-refractivity contribution is -0.136. The molecule has 172 valence electrons. The van der Waals surface area contributed by atoms with Gasteiger partial charge in [-0.2, -0.15) is 0 Å². The summed E-state index contributed by atoms with van der Waals surface area (Å²) in [5.74, 6) is -1.04. The number of hydrogen-bond donors (Lipinski definition) is 2. The maximum Gasteiger partial charge on any atom is 0.229 e. The maximum absolute atomic E-state index is 13.9. The fourth-order valence-electron chi connectivity index (χ4n) is 3.12. The molecule has 0 saturated carbocycles. The first-order chi connectivity index (χ1) is 14.6. The third-order valence-corrected chi connectivity index (χ3v) is 6.36. The van der Waals surface area contributed by atoms with Gasteiger partial charge in [0.1, 0.15) is 0 Å². The first kappa shape index (κ1) is 25.0. The van der Waals surface area contributed by atoms with Crippen molar-refractivity contribution >= 4 is 21.8 Å². The average molecular weight is 455 g/mol. The molecule has 1 aliphatic heterocycles. The molecule has 1 aromatic carbocycles. The van der Waals surface area contributed by atoms with Crippen molar-refractivity contribution in [3.8, 4) is 5.75 Å². The SMILES string of the molecule is CC(C)COc1cc([C@@H](C)NS(=O)(=O)CC/C=C/CC2CCC(=O)NC2=O)ccc1F. The molecule has 7 nitrogen and oxygen atoms in total. The van der Waals surface area contributed by atoms with Gasteiger partial charge in [-0.3, -0.25) is 14.9 Å². The van der Waals surface area contributed by atoms with E-state index < -0.39 is 21.9 Å². The number of nitrogens with one attached hydrogen (secondary N) is 2. The quantitative estimate of drug-likeness (QED) is 0.395.